The number of nitrogens with zero attached hydrogens (tertiary/aromatic N) is 3. The SMILES string of the molecule is CCNC(=NCc1ccc(C(=O)N2CCCCC2)cc1)N(C)CCOc1ccccc1. The Labute approximate surface area is 185 Å². The van der Waals surface area contributed by atoms with Crippen molar-refractivity contribution in [1.82, 2.24) is 15.1 Å². The van der Waals surface area contributed by atoms with Crippen molar-refractivity contribution in [3.8, 4) is 5.75 Å². The first-order chi connectivity index (χ1) is 15.2. The van der Waals surface area contributed by atoms with Crippen molar-refractivity contribution in [2.45, 2.75) is 32.7 Å². The van der Waals surface area contributed by atoms with Crippen LogP contribution in [0, 0.1) is 0 Å². The lowest BCUT2D eigenvalue weighted by Crippen LogP contribution is -2.40. The number of benzene rings is 2. The molecule has 31 heavy (non-hydrogen) atoms. The van der Waals surface area contributed by atoms with Gasteiger partial charge in [-0.25, -0.2) is 4.99 Å². The third-order valence-electron chi connectivity index (χ3n) is 5.39. The molecule has 1 N–H and O–H groups in total. The van der Waals surface area contributed by atoms with Crippen LogP contribution in [0.5, 0.6) is 5.75 Å². The van der Waals surface area contributed by atoms with Crippen molar-refractivity contribution in [1.29, 1.82) is 0 Å². The van der Waals surface area contributed by atoms with E-state index in [0.717, 1.165) is 61.9 Å². The Balaban J connectivity index is 1.53. The van der Waals surface area contributed by atoms with Gasteiger partial charge in [-0.1, -0.05) is 30.3 Å². The molecule has 0 aromatic heterocycles. The summed E-state index contributed by atoms with van der Waals surface area (Å²) in [6, 6.07) is 17.7. The summed E-state index contributed by atoms with van der Waals surface area (Å²) >= 11 is 0. The smallest absolute Gasteiger partial charge is 0.253 e. The second-order valence-corrected chi connectivity index (χ2v) is 7.80. The van der Waals surface area contributed by atoms with E-state index in [2.05, 4.69) is 17.1 Å². The van der Waals surface area contributed by atoms with Crippen molar-refractivity contribution in [3.05, 3.63) is 65.7 Å². The topological polar surface area (TPSA) is 57.2 Å². The van der Waals surface area contributed by atoms with Gasteiger partial charge in [0.1, 0.15) is 12.4 Å². The Morgan fingerprint density at radius 3 is 2.45 bits per heavy atom. The fourth-order valence-corrected chi connectivity index (χ4v) is 3.59. The number of piperidine rings is 1. The second kappa shape index (κ2) is 12.0. The van der Waals surface area contributed by atoms with Crippen LogP contribution in [0.3, 0.4) is 0 Å². The molecule has 0 saturated carbocycles. The zero-order valence-electron chi connectivity index (χ0n) is 18.7. The number of nitrogens with one attached hydrogen (secondary N) is 1. The molecule has 1 amide bonds. The molecule has 2 aromatic carbocycles. The Kier molecular flexibility index (Phi) is 8.76. The predicted molar refractivity (Wildman–Crippen MR) is 126 cm³/mol. The molecule has 0 atom stereocenters. The number of aliphatic imine (C=N–C) groups is 1. The fourth-order valence-electron chi connectivity index (χ4n) is 3.59. The van der Waals surface area contributed by atoms with Gasteiger partial charge in [0.25, 0.3) is 5.91 Å². The number of carbonyl (C=O) groups is 1. The van der Waals surface area contributed by atoms with Crippen LogP contribution in [0.4, 0.5) is 0 Å². The molecule has 0 aliphatic carbocycles. The lowest BCUT2D eigenvalue weighted by Gasteiger charge is -2.26. The van der Waals surface area contributed by atoms with Gasteiger partial charge in [-0.2, -0.15) is 0 Å². The summed E-state index contributed by atoms with van der Waals surface area (Å²) in [7, 11) is 2.01. The Morgan fingerprint density at radius 2 is 1.77 bits per heavy atom. The molecule has 0 radical (unpaired) electrons. The number of likely N-dealkylation sites (tertiary alicyclic amines) is 1. The molecule has 0 bridgehead atoms. The van der Waals surface area contributed by atoms with Crippen molar-refractivity contribution >= 4 is 11.9 Å². The van der Waals surface area contributed by atoms with Crippen LogP contribution in [0.25, 0.3) is 0 Å². The van der Waals surface area contributed by atoms with Crippen LogP contribution in [-0.4, -0.2) is 61.5 Å². The van der Waals surface area contributed by atoms with Gasteiger partial charge < -0.3 is 19.9 Å². The van der Waals surface area contributed by atoms with Crippen molar-refractivity contribution in [3.63, 3.8) is 0 Å². The molecule has 1 aliphatic rings. The van der Waals surface area contributed by atoms with Gasteiger partial charge in [0, 0.05) is 32.2 Å². The minimum Gasteiger partial charge on any atom is -0.492 e. The van der Waals surface area contributed by atoms with Crippen molar-refractivity contribution < 1.29 is 9.53 Å². The number of hydrogen-bond acceptors (Lipinski definition) is 3. The van der Waals surface area contributed by atoms with Crippen LogP contribution in [0.1, 0.15) is 42.1 Å². The van der Waals surface area contributed by atoms with E-state index in [4.69, 9.17) is 9.73 Å². The van der Waals surface area contributed by atoms with Gasteiger partial charge in [0.15, 0.2) is 5.96 Å². The lowest BCUT2D eigenvalue weighted by atomic mass is 10.1. The van der Waals surface area contributed by atoms with E-state index in [0.29, 0.717) is 13.2 Å². The number of hydrogen-bond donors (Lipinski definition) is 1. The number of rotatable bonds is 8. The standard InChI is InChI=1S/C25H34N4O2/c1-3-26-25(28(2)18-19-31-23-10-6-4-7-11-23)27-20-21-12-14-22(15-13-21)24(30)29-16-8-5-9-17-29/h4,6-7,10-15H,3,5,8-9,16-20H2,1-2H3,(H,26,27). The van der Waals surface area contributed by atoms with Crippen LogP contribution in [-0.2, 0) is 6.54 Å². The summed E-state index contributed by atoms with van der Waals surface area (Å²) in [4.78, 5) is 21.4. The molecular formula is C25H34N4O2. The molecule has 0 unspecified atom stereocenters. The number of para-hydroxylation sites is 1. The highest BCUT2D eigenvalue weighted by Crippen LogP contribution is 2.14. The average molecular weight is 423 g/mol. The maximum atomic E-state index is 12.6. The third kappa shape index (κ3) is 7.02. The number of carbonyl (C=O) groups excluding carboxylic acids is 1. The first-order valence-electron chi connectivity index (χ1n) is 11.2. The molecule has 1 saturated heterocycles. The van der Waals surface area contributed by atoms with Gasteiger partial charge in [0.05, 0.1) is 13.1 Å². The highest BCUT2D eigenvalue weighted by atomic mass is 16.5. The summed E-state index contributed by atoms with van der Waals surface area (Å²) in [6.45, 7) is 6.47. The van der Waals surface area contributed by atoms with Crippen LogP contribution < -0.4 is 10.1 Å². The number of guanidine groups is 1. The normalized spacial score (nSPS) is 14.3. The zero-order chi connectivity index (χ0) is 21.9. The van der Waals surface area contributed by atoms with E-state index in [1.54, 1.807) is 0 Å². The van der Waals surface area contributed by atoms with Gasteiger partial charge in [-0.15, -0.1) is 0 Å². The van der Waals surface area contributed by atoms with E-state index in [9.17, 15) is 4.79 Å². The molecule has 3 rings (SSSR count). The minimum atomic E-state index is 0.140. The number of likely N-dealkylation sites (N-methyl/N-ethyl adjacent to an activating group) is 1. The van der Waals surface area contributed by atoms with Crippen molar-refractivity contribution in [2.24, 2.45) is 4.99 Å². The molecule has 166 valence electrons. The number of amides is 1. The summed E-state index contributed by atoms with van der Waals surface area (Å²) < 4.78 is 5.79. The summed E-state index contributed by atoms with van der Waals surface area (Å²) in [5.74, 6) is 1.85. The maximum Gasteiger partial charge on any atom is 0.253 e. The van der Waals surface area contributed by atoms with Gasteiger partial charge >= 0.3 is 0 Å². The fraction of sp³-hybridized carbons (Fsp3) is 0.440. The highest BCUT2D eigenvalue weighted by Gasteiger charge is 2.17. The monoisotopic (exact) mass is 422 g/mol. The Hall–Kier alpha value is -3.02. The van der Waals surface area contributed by atoms with E-state index >= 15 is 0 Å². The molecule has 1 aliphatic heterocycles. The zero-order valence-corrected chi connectivity index (χ0v) is 18.7. The Morgan fingerprint density at radius 1 is 1.06 bits per heavy atom. The van der Waals surface area contributed by atoms with E-state index in [1.165, 1.54) is 6.42 Å². The summed E-state index contributed by atoms with van der Waals surface area (Å²) in [5.41, 5.74) is 1.84. The maximum absolute atomic E-state index is 12.6. The quantitative estimate of drug-likeness (QED) is 0.519. The first kappa shape index (κ1) is 22.7. The first-order valence-corrected chi connectivity index (χ1v) is 11.2. The molecule has 6 heteroatoms. The molecule has 0 spiro atoms. The molecule has 1 heterocycles. The predicted octanol–water partition coefficient (Wildman–Crippen LogP) is 3.79. The molecule has 1 fully saturated rings. The van der Waals surface area contributed by atoms with Crippen LogP contribution >= 0.6 is 0 Å². The van der Waals surface area contributed by atoms with E-state index < -0.39 is 0 Å². The minimum absolute atomic E-state index is 0.140. The van der Waals surface area contributed by atoms with Crippen molar-refractivity contribution in [2.75, 3.05) is 39.8 Å². The van der Waals surface area contributed by atoms with Gasteiger partial charge in [-0.3, -0.25) is 4.79 Å². The lowest BCUT2D eigenvalue weighted by molar-refractivity contribution is 0.0724. The van der Waals surface area contributed by atoms with Crippen LogP contribution in [0.2, 0.25) is 0 Å². The average Bonchev–Trinajstić information content (AvgIpc) is 2.83. The third-order valence-corrected chi connectivity index (χ3v) is 5.39. The Bertz CT molecular complexity index is 830. The van der Waals surface area contributed by atoms with E-state index in [-0.39, 0.29) is 5.91 Å². The van der Waals surface area contributed by atoms with Gasteiger partial charge in [0.2, 0.25) is 0 Å². The highest BCUT2D eigenvalue weighted by molar-refractivity contribution is 5.94. The van der Waals surface area contributed by atoms with Gasteiger partial charge in [-0.05, 0) is 56.0 Å². The summed E-state index contributed by atoms with van der Waals surface area (Å²) in [5, 5.41) is 3.33. The van der Waals surface area contributed by atoms with E-state index in [1.807, 2.05) is 66.5 Å². The molecular weight excluding hydrogens is 388 g/mol. The van der Waals surface area contributed by atoms with Crippen LogP contribution in [0.15, 0.2) is 59.6 Å². The molecule has 6 nitrogen and oxygen atoms in total. The second-order valence-electron chi connectivity index (χ2n) is 7.80. The summed E-state index contributed by atoms with van der Waals surface area (Å²) in [6.07, 6.45) is 3.44. The number of ether oxygens (including phenoxy) is 1. The molecule has 2 aromatic rings. The largest absolute Gasteiger partial charge is 0.492 e.